The lowest BCUT2D eigenvalue weighted by molar-refractivity contribution is 1.25. The van der Waals surface area contributed by atoms with Crippen LogP contribution in [-0.2, 0) is 0 Å². The van der Waals surface area contributed by atoms with E-state index in [4.69, 9.17) is 12.2 Å². The van der Waals surface area contributed by atoms with Crippen LogP contribution in [0.3, 0.4) is 0 Å². The van der Waals surface area contributed by atoms with E-state index in [0.717, 1.165) is 9.95 Å². The second kappa shape index (κ2) is 3.17. The molecule has 1 aliphatic rings. The van der Waals surface area contributed by atoms with Gasteiger partial charge in [-0.15, -0.1) is 11.8 Å². The lowest BCUT2D eigenvalue weighted by atomic mass is 10.4. The van der Waals surface area contributed by atoms with E-state index < -0.39 is 0 Å². The predicted molar refractivity (Wildman–Crippen MR) is 55.6 cm³/mol. The summed E-state index contributed by atoms with van der Waals surface area (Å²) in [6.07, 6.45) is 0. The highest BCUT2D eigenvalue weighted by Crippen LogP contribution is 2.37. The number of thioether (sulfide) groups is 2. The van der Waals surface area contributed by atoms with E-state index in [-0.39, 0.29) is 0 Å². The highest BCUT2D eigenvalue weighted by atomic mass is 32.2. The molecule has 0 aliphatic carbocycles. The van der Waals surface area contributed by atoms with Gasteiger partial charge in [0.2, 0.25) is 0 Å². The zero-order valence-corrected chi connectivity index (χ0v) is 8.19. The molecule has 0 spiro atoms. The highest BCUT2D eigenvalue weighted by molar-refractivity contribution is 8.26. The van der Waals surface area contributed by atoms with Crippen molar-refractivity contribution >= 4 is 39.9 Å². The summed E-state index contributed by atoms with van der Waals surface area (Å²) < 4.78 is 1.09. The summed E-state index contributed by atoms with van der Waals surface area (Å²) in [4.78, 5) is 2.68. The average molecular weight is 198 g/mol. The molecule has 0 radical (unpaired) electrons. The van der Waals surface area contributed by atoms with E-state index in [1.54, 1.807) is 11.8 Å². The molecule has 0 saturated carbocycles. The summed E-state index contributed by atoms with van der Waals surface area (Å²) in [5, 5.41) is 0. The summed E-state index contributed by atoms with van der Waals surface area (Å²) in [7, 11) is 0. The lowest BCUT2D eigenvalue weighted by Crippen LogP contribution is -1.98. The van der Waals surface area contributed by atoms with E-state index in [2.05, 4.69) is 24.3 Å². The Hall–Kier alpha value is 0.01000. The van der Waals surface area contributed by atoms with Crippen LogP contribution < -0.4 is 0 Å². The second-order valence-electron chi connectivity index (χ2n) is 2.21. The highest BCUT2D eigenvalue weighted by Gasteiger charge is 2.12. The molecule has 0 N–H and O–H groups in total. The fourth-order valence-corrected chi connectivity index (χ4v) is 3.32. The van der Waals surface area contributed by atoms with Crippen LogP contribution >= 0.6 is 35.7 Å². The zero-order chi connectivity index (χ0) is 7.68. The molecule has 0 atom stereocenters. The minimum Gasteiger partial charge on any atom is -0.119 e. The van der Waals surface area contributed by atoms with Gasteiger partial charge in [-0.25, -0.2) is 0 Å². The number of thiocarbonyl (C=S) groups is 1. The number of hydrogen-bond donors (Lipinski definition) is 0. The van der Waals surface area contributed by atoms with Crippen LogP contribution in [-0.4, -0.2) is 9.95 Å². The minimum atomic E-state index is 0.983. The van der Waals surface area contributed by atoms with Crippen molar-refractivity contribution in [3.05, 3.63) is 24.3 Å². The van der Waals surface area contributed by atoms with Crippen LogP contribution in [0.1, 0.15) is 0 Å². The molecule has 0 unspecified atom stereocenters. The first-order valence-electron chi connectivity index (χ1n) is 3.29. The first-order chi connectivity index (χ1) is 5.36. The van der Waals surface area contributed by atoms with Gasteiger partial charge in [-0.1, -0.05) is 36.1 Å². The van der Waals surface area contributed by atoms with Gasteiger partial charge in [0.15, 0.2) is 0 Å². The van der Waals surface area contributed by atoms with Crippen molar-refractivity contribution in [2.24, 2.45) is 0 Å². The van der Waals surface area contributed by atoms with E-state index in [1.807, 2.05) is 11.8 Å². The topological polar surface area (TPSA) is 0 Å². The standard InChI is InChI=1S/C8H6S3/c9-8-5-10-6-3-1-2-4-7(6)11-8/h1-4H,5H2. The van der Waals surface area contributed by atoms with Crippen LogP contribution in [0.2, 0.25) is 0 Å². The van der Waals surface area contributed by atoms with Crippen molar-refractivity contribution in [2.45, 2.75) is 9.79 Å². The second-order valence-corrected chi connectivity index (χ2v) is 5.11. The Morgan fingerprint density at radius 3 is 2.73 bits per heavy atom. The third-order valence-electron chi connectivity index (χ3n) is 1.42. The molecule has 11 heavy (non-hydrogen) atoms. The van der Waals surface area contributed by atoms with E-state index in [0.29, 0.717) is 0 Å². The van der Waals surface area contributed by atoms with Crippen LogP contribution in [0.4, 0.5) is 0 Å². The maximum Gasteiger partial charge on any atom is 0.0630 e. The Morgan fingerprint density at radius 2 is 1.91 bits per heavy atom. The van der Waals surface area contributed by atoms with Gasteiger partial charge in [0.25, 0.3) is 0 Å². The molecule has 0 aromatic heterocycles. The first-order valence-corrected chi connectivity index (χ1v) is 5.50. The summed E-state index contributed by atoms with van der Waals surface area (Å²) >= 11 is 8.68. The number of hydrogen-bond acceptors (Lipinski definition) is 3. The van der Waals surface area contributed by atoms with Crippen molar-refractivity contribution in [2.75, 3.05) is 5.75 Å². The molecule has 0 bridgehead atoms. The average Bonchev–Trinajstić information content (AvgIpc) is 2.04. The Morgan fingerprint density at radius 1 is 1.18 bits per heavy atom. The van der Waals surface area contributed by atoms with Gasteiger partial charge in [0.1, 0.15) is 0 Å². The van der Waals surface area contributed by atoms with E-state index >= 15 is 0 Å². The molecule has 0 nitrogen and oxygen atoms in total. The summed E-state index contributed by atoms with van der Waals surface area (Å²) in [6.45, 7) is 0. The maximum absolute atomic E-state index is 5.12. The lowest BCUT2D eigenvalue weighted by Gasteiger charge is -2.13. The van der Waals surface area contributed by atoms with Gasteiger partial charge in [-0.05, 0) is 12.1 Å². The third kappa shape index (κ3) is 1.60. The van der Waals surface area contributed by atoms with Crippen LogP contribution in [0, 0.1) is 0 Å². The van der Waals surface area contributed by atoms with Gasteiger partial charge in [-0.2, -0.15) is 0 Å². The van der Waals surface area contributed by atoms with Gasteiger partial charge in [0, 0.05) is 15.5 Å². The molecule has 1 aromatic rings. The first kappa shape index (κ1) is 7.65. The number of rotatable bonds is 0. The molecule has 1 aliphatic heterocycles. The normalized spacial score (nSPS) is 16.2. The fourth-order valence-electron chi connectivity index (χ4n) is 0.943. The van der Waals surface area contributed by atoms with Crippen LogP contribution in [0.25, 0.3) is 0 Å². The zero-order valence-electron chi connectivity index (χ0n) is 5.74. The Balaban J connectivity index is 2.41. The molecular weight excluding hydrogens is 192 g/mol. The number of fused-ring (bicyclic) bond motifs is 1. The van der Waals surface area contributed by atoms with Gasteiger partial charge in [0.05, 0.1) is 4.20 Å². The molecular formula is C8H6S3. The molecule has 3 heteroatoms. The van der Waals surface area contributed by atoms with E-state index in [1.165, 1.54) is 9.79 Å². The summed E-state index contributed by atoms with van der Waals surface area (Å²) in [5.41, 5.74) is 0. The fraction of sp³-hybridized carbons (Fsp3) is 0.125. The molecule has 2 rings (SSSR count). The Bertz CT molecular complexity index is 293. The van der Waals surface area contributed by atoms with Crippen molar-refractivity contribution < 1.29 is 0 Å². The van der Waals surface area contributed by atoms with Gasteiger partial charge >= 0.3 is 0 Å². The molecule has 56 valence electrons. The summed E-state index contributed by atoms with van der Waals surface area (Å²) in [5.74, 6) is 0.983. The Labute approximate surface area is 79.8 Å². The van der Waals surface area contributed by atoms with Crippen LogP contribution in [0.5, 0.6) is 0 Å². The van der Waals surface area contributed by atoms with E-state index in [9.17, 15) is 0 Å². The Kier molecular flexibility index (Phi) is 2.20. The SMILES string of the molecule is S=C1CSc2ccccc2S1. The van der Waals surface area contributed by atoms with Crippen molar-refractivity contribution in [1.29, 1.82) is 0 Å². The maximum atomic E-state index is 5.12. The molecule has 0 amide bonds. The van der Waals surface area contributed by atoms with Gasteiger partial charge < -0.3 is 0 Å². The largest absolute Gasteiger partial charge is 0.119 e. The van der Waals surface area contributed by atoms with Gasteiger partial charge in [-0.3, -0.25) is 0 Å². The van der Waals surface area contributed by atoms with Crippen molar-refractivity contribution in [3.8, 4) is 0 Å². The molecule has 1 aromatic carbocycles. The molecule has 0 fully saturated rings. The molecule has 1 heterocycles. The summed E-state index contributed by atoms with van der Waals surface area (Å²) in [6, 6.07) is 8.40. The third-order valence-corrected chi connectivity index (χ3v) is 4.36. The van der Waals surface area contributed by atoms with Crippen molar-refractivity contribution in [3.63, 3.8) is 0 Å². The smallest absolute Gasteiger partial charge is 0.0630 e. The van der Waals surface area contributed by atoms with Crippen LogP contribution in [0.15, 0.2) is 34.1 Å². The van der Waals surface area contributed by atoms with Crippen molar-refractivity contribution in [1.82, 2.24) is 0 Å². The minimum absolute atomic E-state index is 0.983. The monoisotopic (exact) mass is 198 g/mol. The number of benzene rings is 1. The predicted octanol–water partition coefficient (Wildman–Crippen LogP) is 3.21. The quantitative estimate of drug-likeness (QED) is 0.588. The molecule has 0 saturated heterocycles.